The highest BCUT2D eigenvalue weighted by Crippen LogP contribution is 2.24. The summed E-state index contributed by atoms with van der Waals surface area (Å²) in [5.41, 5.74) is 1.84. The van der Waals surface area contributed by atoms with Crippen LogP contribution in [0.25, 0.3) is 0 Å². The van der Waals surface area contributed by atoms with Gasteiger partial charge in [-0.05, 0) is 43.4 Å². The second kappa shape index (κ2) is 9.07. The Morgan fingerprint density at radius 1 is 0.897 bits per heavy atom. The minimum Gasteiger partial charge on any atom is -0.343 e. The number of benzene rings is 1. The summed E-state index contributed by atoms with van der Waals surface area (Å²) in [6.07, 6.45) is 5.35. The van der Waals surface area contributed by atoms with Crippen LogP contribution in [0.5, 0.6) is 0 Å². The topological polar surface area (TPSA) is 65.5 Å². The Labute approximate surface area is 171 Å². The van der Waals surface area contributed by atoms with Gasteiger partial charge in [0.2, 0.25) is 5.91 Å². The van der Waals surface area contributed by atoms with Crippen molar-refractivity contribution in [2.75, 3.05) is 26.2 Å². The van der Waals surface area contributed by atoms with Crippen molar-refractivity contribution in [1.29, 1.82) is 0 Å². The van der Waals surface area contributed by atoms with E-state index in [9.17, 15) is 9.59 Å². The molecular formula is C23H28N4O2. The highest BCUT2D eigenvalue weighted by atomic mass is 16.2. The minimum atomic E-state index is -0.269. The van der Waals surface area contributed by atoms with Gasteiger partial charge >= 0.3 is 6.03 Å². The number of pyridine rings is 1. The molecule has 2 saturated heterocycles. The number of nitrogens with one attached hydrogen (secondary N) is 1. The number of piperidine rings is 1. The van der Waals surface area contributed by atoms with Crippen LogP contribution >= 0.6 is 0 Å². The van der Waals surface area contributed by atoms with Gasteiger partial charge in [-0.3, -0.25) is 9.78 Å². The van der Waals surface area contributed by atoms with Gasteiger partial charge in [-0.1, -0.05) is 36.4 Å². The molecule has 0 bridgehead atoms. The second-order valence-corrected chi connectivity index (χ2v) is 7.84. The summed E-state index contributed by atoms with van der Waals surface area (Å²) >= 11 is 0. The third kappa shape index (κ3) is 4.58. The molecule has 152 valence electrons. The van der Waals surface area contributed by atoms with Crippen LogP contribution in [0, 0.1) is 5.92 Å². The first-order valence-electron chi connectivity index (χ1n) is 10.5. The summed E-state index contributed by atoms with van der Waals surface area (Å²) in [5, 5.41) is 3.20. The summed E-state index contributed by atoms with van der Waals surface area (Å²) < 4.78 is 0. The normalized spacial score (nSPS) is 18.5. The van der Waals surface area contributed by atoms with Crippen molar-refractivity contribution in [2.24, 2.45) is 5.92 Å². The third-order valence-electron chi connectivity index (χ3n) is 5.92. The van der Waals surface area contributed by atoms with Gasteiger partial charge in [-0.15, -0.1) is 0 Å². The molecule has 1 atom stereocenters. The zero-order valence-corrected chi connectivity index (χ0v) is 16.7. The maximum atomic E-state index is 13.0. The Balaban J connectivity index is 1.39. The zero-order valence-electron chi connectivity index (χ0n) is 16.7. The van der Waals surface area contributed by atoms with Crippen LogP contribution in [0.15, 0.2) is 54.7 Å². The molecule has 1 N–H and O–H groups in total. The van der Waals surface area contributed by atoms with Gasteiger partial charge in [0.15, 0.2) is 0 Å². The fraction of sp³-hybridized carbons (Fsp3) is 0.435. The van der Waals surface area contributed by atoms with E-state index in [0.717, 1.165) is 37.2 Å². The van der Waals surface area contributed by atoms with Crippen molar-refractivity contribution in [3.8, 4) is 0 Å². The average molecular weight is 393 g/mol. The van der Waals surface area contributed by atoms with Crippen LogP contribution in [-0.2, 0) is 4.79 Å². The van der Waals surface area contributed by atoms with Crippen molar-refractivity contribution >= 4 is 11.9 Å². The van der Waals surface area contributed by atoms with Crippen molar-refractivity contribution in [2.45, 2.75) is 31.7 Å². The minimum absolute atomic E-state index is 0.0396. The van der Waals surface area contributed by atoms with Crippen molar-refractivity contribution in [1.82, 2.24) is 20.1 Å². The molecule has 4 rings (SSSR count). The lowest BCUT2D eigenvalue weighted by atomic mass is 9.94. The Kier molecular flexibility index (Phi) is 6.08. The Morgan fingerprint density at radius 2 is 1.55 bits per heavy atom. The van der Waals surface area contributed by atoms with E-state index in [2.05, 4.69) is 10.3 Å². The predicted octanol–water partition coefficient (Wildman–Crippen LogP) is 3.22. The van der Waals surface area contributed by atoms with Crippen LogP contribution < -0.4 is 5.32 Å². The number of amides is 3. The number of carbonyl (C=O) groups excluding carboxylic acids is 2. The lowest BCUT2D eigenvalue weighted by Gasteiger charge is -2.34. The average Bonchev–Trinajstić information content (AvgIpc) is 3.33. The molecule has 0 spiro atoms. The first kappa shape index (κ1) is 19.4. The van der Waals surface area contributed by atoms with Gasteiger partial charge in [0, 0.05) is 38.3 Å². The molecule has 2 aromatic rings. The molecule has 1 aromatic carbocycles. The Morgan fingerprint density at radius 3 is 2.21 bits per heavy atom. The summed E-state index contributed by atoms with van der Waals surface area (Å²) in [6.45, 7) is 3.02. The van der Waals surface area contributed by atoms with Gasteiger partial charge in [-0.25, -0.2) is 4.79 Å². The molecule has 3 amide bonds. The van der Waals surface area contributed by atoms with Gasteiger partial charge in [0.1, 0.15) is 0 Å². The summed E-state index contributed by atoms with van der Waals surface area (Å²) in [6, 6.07) is 15.6. The maximum Gasteiger partial charge on any atom is 0.319 e. The van der Waals surface area contributed by atoms with E-state index in [1.165, 1.54) is 0 Å². The molecule has 0 radical (unpaired) electrons. The number of rotatable bonds is 4. The maximum absolute atomic E-state index is 13.0. The summed E-state index contributed by atoms with van der Waals surface area (Å²) in [5.74, 6) is -0.0367. The van der Waals surface area contributed by atoms with E-state index >= 15 is 0 Å². The van der Waals surface area contributed by atoms with Crippen molar-refractivity contribution in [3.05, 3.63) is 66.0 Å². The molecule has 3 heterocycles. The number of nitrogens with zero attached hydrogens (tertiary/aromatic N) is 3. The van der Waals surface area contributed by atoms with Crippen molar-refractivity contribution < 1.29 is 9.59 Å². The third-order valence-corrected chi connectivity index (χ3v) is 5.92. The molecule has 6 nitrogen and oxygen atoms in total. The molecule has 0 saturated carbocycles. The second-order valence-electron chi connectivity index (χ2n) is 7.84. The number of hydrogen-bond donors (Lipinski definition) is 1. The van der Waals surface area contributed by atoms with Crippen molar-refractivity contribution in [3.63, 3.8) is 0 Å². The fourth-order valence-corrected chi connectivity index (χ4v) is 4.22. The predicted molar refractivity (Wildman–Crippen MR) is 111 cm³/mol. The number of urea groups is 1. The molecular weight excluding hydrogens is 364 g/mol. The molecule has 0 aliphatic carbocycles. The standard InChI is InChI=1S/C23H28N4O2/c28-22(19-11-16-27(17-12-19)23(29)26-14-6-7-15-26)25-21(18-8-2-1-3-9-18)20-10-4-5-13-24-20/h1-5,8-10,13,19,21H,6-7,11-12,14-17H2,(H,25,28). The largest absolute Gasteiger partial charge is 0.343 e. The van der Waals surface area contributed by atoms with Gasteiger partial charge in [0.25, 0.3) is 0 Å². The van der Waals surface area contributed by atoms with Gasteiger partial charge in [-0.2, -0.15) is 0 Å². The van der Waals surface area contributed by atoms with Crippen LogP contribution in [0.1, 0.15) is 43.0 Å². The van der Waals surface area contributed by atoms with E-state index < -0.39 is 0 Å². The van der Waals surface area contributed by atoms with Crippen LogP contribution in [0.2, 0.25) is 0 Å². The SMILES string of the molecule is O=C(NC(c1ccccc1)c1ccccn1)C1CCN(C(=O)N2CCCC2)CC1. The number of likely N-dealkylation sites (tertiary alicyclic amines) is 2. The monoisotopic (exact) mass is 392 g/mol. The quantitative estimate of drug-likeness (QED) is 0.869. The first-order chi connectivity index (χ1) is 14.2. The lowest BCUT2D eigenvalue weighted by Crippen LogP contribution is -2.48. The van der Waals surface area contributed by atoms with Crippen LogP contribution in [-0.4, -0.2) is 52.9 Å². The first-order valence-corrected chi connectivity index (χ1v) is 10.5. The van der Waals surface area contributed by atoms with Gasteiger partial charge < -0.3 is 15.1 Å². The molecule has 29 heavy (non-hydrogen) atoms. The highest BCUT2D eigenvalue weighted by Gasteiger charge is 2.31. The van der Waals surface area contributed by atoms with E-state index in [1.54, 1.807) is 6.20 Å². The molecule has 1 aromatic heterocycles. The number of hydrogen-bond acceptors (Lipinski definition) is 3. The fourth-order valence-electron chi connectivity index (χ4n) is 4.22. The van der Waals surface area contributed by atoms with Gasteiger partial charge in [0.05, 0.1) is 11.7 Å². The molecule has 1 unspecified atom stereocenters. The van der Waals surface area contributed by atoms with Crippen LogP contribution in [0.3, 0.4) is 0 Å². The Bertz CT molecular complexity index is 774. The Hall–Kier alpha value is -2.89. The molecule has 2 aliphatic rings. The molecule has 2 fully saturated rings. The van der Waals surface area contributed by atoms with E-state index in [4.69, 9.17) is 0 Å². The zero-order chi connectivity index (χ0) is 20.1. The molecule has 6 heteroatoms. The van der Waals surface area contributed by atoms with E-state index in [-0.39, 0.29) is 23.9 Å². The highest BCUT2D eigenvalue weighted by molar-refractivity contribution is 5.80. The molecule has 2 aliphatic heterocycles. The van der Waals surface area contributed by atoms with E-state index in [0.29, 0.717) is 25.9 Å². The van der Waals surface area contributed by atoms with E-state index in [1.807, 2.05) is 58.3 Å². The number of aromatic nitrogens is 1. The summed E-state index contributed by atoms with van der Waals surface area (Å²) in [4.78, 5) is 33.9. The van der Waals surface area contributed by atoms with Crippen LogP contribution in [0.4, 0.5) is 4.79 Å². The lowest BCUT2D eigenvalue weighted by molar-refractivity contribution is -0.126. The smallest absolute Gasteiger partial charge is 0.319 e. The number of carbonyl (C=O) groups is 2. The summed E-state index contributed by atoms with van der Waals surface area (Å²) in [7, 11) is 0.